The van der Waals surface area contributed by atoms with E-state index in [0.717, 1.165) is 5.69 Å². The molecule has 0 fully saturated rings. The first-order valence-corrected chi connectivity index (χ1v) is 4.94. The van der Waals surface area contributed by atoms with Crippen LogP contribution in [0, 0.1) is 0 Å². The van der Waals surface area contributed by atoms with Gasteiger partial charge in [-0.25, -0.2) is 0 Å². The third-order valence-corrected chi connectivity index (χ3v) is 3.04. The minimum Gasteiger partial charge on any atom is -0.364 e. The second-order valence-corrected chi connectivity index (χ2v) is 4.21. The van der Waals surface area contributed by atoms with E-state index in [0.29, 0.717) is 5.57 Å². The highest BCUT2D eigenvalue weighted by Crippen LogP contribution is 2.32. The number of aromatic nitrogens is 1. The smallest absolute Gasteiger partial charge is 0.168 e. The van der Waals surface area contributed by atoms with Gasteiger partial charge < -0.3 is 4.98 Å². The molecular formula is C12H13NO2. The Morgan fingerprint density at radius 1 is 1.40 bits per heavy atom. The molecule has 1 atom stereocenters. The first kappa shape index (κ1) is 9.90. The van der Waals surface area contributed by atoms with Gasteiger partial charge in [-0.15, -0.1) is 0 Å². The maximum atomic E-state index is 11.9. The van der Waals surface area contributed by atoms with Crippen LogP contribution in [0.1, 0.15) is 26.0 Å². The summed E-state index contributed by atoms with van der Waals surface area (Å²) in [5.41, 5.74) is 0.661. The lowest BCUT2D eigenvalue weighted by Gasteiger charge is -2.28. The van der Waals surface area contributed by atoms with Crippen LogP contribution in [0.2, 0.25) is 0 Å². The molecule has 1 aliphatic rings. The molecule has 1 aliphatic carbocycles. The fourth-order valence-electron chi connectivity index (χ4n) is 1.89. The molecular weight excluding hydrogens is 190 g/mol. The summed E-state index contributed by atoms with van der Waals surface area (Å²) in [5, 5.41) is 0. The van der Waals surface area contributed by atoms with E-state index in [1.54, 1.807) is 13.1 Å². The van der Waals surface area contributed by atoms with Crippen LogP contribution >= 0.6 is 0 Å². The number of allylic oxidation sites excluding steroid dienone is 2. The SMILES string of the molecule is CC1=CC(=O)C(C)(c2ccc[nH]2)CC1=O. The average molecular weight is 203 g/mol. The third kappa shape index (κ3) is 1.44. The van der Waals surface area contributed by atoms with Crippen LogP contribution < -0.4 is 0 Å². The molecule has 1 unspecified atom stereocenters. The lowest BCUT2D eigenvalue weighted by molar-refractivity contribution is -0.126. The van der Waals surface area contributed by atoms with Crippen molar-refractivity contribution in [1.29, 1.82) is 0 Å². The second-order valence-electron chi connectivity index (χ2n) is 4.21. The molecule has 15 heavy (non-hydrogen) atoms. The first-order valence-electron chi connectivity index (χ1n) is 4.94. The number of ketones is 2. The quantitative estimate of drug-likeness (QED) is 0.756. The molecule has 0 saturated carbocycles. The average Bonchev–Trinajstić information content (AvgIpc) is 2.68. The van der Waals surface area contributed by atoms with Gasteiger partial charge in [0, 0.05) is 18.3 Å². The summed E-state index contributed by atoms with van der Waals surface area (Å²) < 4.78 is 0. The molecule has 1 heterocycles. The Bertz CT molecular complexity index is 442. The molecule has 0 saturated heterocycles. The fourth-order valence-corrected chi connectivity index (χ4v) is 1.89. The van der Waals surface area contributed by atoms with Crippen molar-refractivity contribution in [3.05, 3.63) is 35.7 Å². The van der Waals surface area contributed by atoms with Crippen molar-refractivity contribution in [2.45, 2.75) is 25.7 Å². The summed E-state index contributed by atoms with van der Waals surface area (Å²) in [6.45, 7) is 3.50. The lowest BCUT2D eigenvalue weighted by Crippen LogP contribution is -2.38. The van der Waals surface area contributed by atoms with Crippen LogP contribution in [0.15, 0.2) is 30.0 Å². The molecule has 0 aromatic carbocycles. The number of nitrogens with one attached hydrogen (secondary N) is 1. The number of Topliss-reactive ketones (excluding diaryl/α,β-unsaturated/α-hetero) is 1. The second kappa shape index (κ2) is 3.19. The monoisotopic (exact) mass is 203 g/mol. The summed E-state index contributed by atoms with van der Waals surface area (Å²) in [7, 11) is 0. The van der Waals surface area contributed by atoms with Gasteiger partial charge in [0.1, 0.15) is 0 Å². The van der Waals surface area contributed by atoms with E-state index < -0.39 is 5.41 Å². The highest BCUT2D eigenvalue weighted by molar-refractivity contribution is 6.12. The summed E-state index contributed by atoms with van der Waals surface area (Å²) in [5.74, 6) is 0.0498. The fraction of sp³-hybridized carbons (Fsp3) is 0.333. The highest BCUT2D eigenvalue weighted by atomic mass is 16.1. The highest BCUT2D eigenvalue weighted by Gasteiger charge is 2.40. The van der Waals surface area contributed by atoms with Crippen LogP contribution in [0.5, 0.6) is 0 Å². The zero-order valence-electron chi connectivity index (χ0n) is 8.83. The van der Waals surface area contributed by atoms with E-state index in [-0.39, 0.29) is 18.0 Å². The molecule has 3 nitrogen and oxygen atoms in total. The van der Waals surface area contributed by atoms with E-state index in [9.17, 15) is 9.59 Å². The molecule has 1 N–H and O–H groups in total. The first-order chi connectivity index (χ1) is 7.04. The number of hydrogen-bond donors (Lipinski definition) is 1. The Labute approximate surface area is 88.2 Å². The summed E-state index contributed by atoms with van der Waals surface area (Å²) >= 11 is 0. The third-order valence-electron chi connectivity index (χ3n) is 3.04. The molecule has 3 heteroatoms. The minimum atomic E-state index is -0.708. The van der Waals surface area contributed by atoms with Crippen molar-refractivity contribution in [3.8, 4) is 0 Å². The van der Waals surface area contributed by atoms with E-state index >= 15 is 0 Å². The van der Waals surface area contributed by atoms with Crippen molar-refractivity contribution >= 4 is 11.6 Å². The molecule has 2 rings (SSSR count). The predicted molar refractivity (Wildman–Crippen MR) is 56.5 cm³/mol. The molecule has 0 amide bonds. The molecule has 0 bridgehead atoms. The van der Waals surface area contributed by atoms with E-state index in [4.69, 9.17) is 0 Å². The standard InChI is InChI=1S/C12H13NO2/c1-8-6-11(15)12(2,7-9(8)14)10-4-3-5-13-10/h3-6,13H,7H2,1-2H3. The molecule has 0 spiro atoms. The van der Waals surface area contributed by atoms with Crippen molar-refractivity contribution < 1.29 is 9.59 Å². The number of rotatable bonds is 1. The Morgan fingerprint density at radius 3 is 2.73 bits per heavy atom. The van der Waals surface area contributed by atoms with Gasteiger partial charge in [0.25, 0.3) is 0 Å². The van der Waals surface area contributed by atoms with Gasteiger partial charge in [-0.3, -0.25) is 9.59 Å². The maximum Gasteiger partial charge on any atom is 0.168 e. The lowest BCUT2D eigenvalue weighted by atomic mass is 9.73. The zero-order valence-corrected chi connectivity index (χ0v) is 8.83. The van der Waals surface area contributed by atoms with Crippen LogP contribution in [0.4, 0.5) is 0 Å². The molecule has 0 aliphatic heterocycles. The number of carbonyl (C=O) groups is 2. The summed E-state index contributed by atoms with van der Waals surface area (Å²) in [4.78, 5) is 26.5. The van der Waals surface area contributed by atoms with Gasteiger partial charge in [-0.05, 0) is 37.6 Å². The Kier molecular flexibility index (Phi) is 2.11. The Morgan fingerprint density at radius 2 is 2.13 bits per heavy atom. The molecule has 1 aromatic rings. The zero-order chi connectivity index (χ0) is 11.1. The number of H-pyrrole nitrogens is 1. The van der Waals surface area contributed by atoms with Crippen molar-refractivity contribution in [3.63, 3.8) is 0 Å². The van der Waals surface area contributed by atoms with Gasteiger partial charge in [0.2, 0.25) is 0 Å². The normalized spacial score (nSPS) is 26.7. The largest absolute Gasteiger partial charge is 0.364 e. The van der Waals surface area contributed by atoms with E-state index in [1.807, 2.05) is 19.1 Å². The maximum absolute atomic E-state index is 11.9. The Balaban J connectivity index is 2.47. The van der Waals surface area contributed by atoms with Crippen LogP contribution in [-0.4, -0.2) is 16.6 Å². The van der Waals surface area contributed by atoms with Gasteiger partial charge >= 0.3 is 0 Å². The van der Waals surface area contributed by atoms with E-state index in [1.165, 1.54) is 6.08 Å². The van der Waals surface area contributed by atoms with Gasteiger partial charge in [-0.2, -0.15) is 0 Å². The minimum absolute atomic E-state index is 0.00190. The van der Waals surface area contributed by atoms with Crippen LogP contribution in [0.25, 0.3) is 0 Å². The van der Waals surface area contributed by atoms with Gasteiger partial charge in [-0.1, -0.05) is 0 Å². The summed E-state index contributed by atoms with van der Waals surface area (Å²) in [6.07, 6.45) is 3.48. The summed E-state index contributed by atoms with van der Waals surface area (Å²) in [6, 6.07) is 3.68. The number of carbonyl (C=O) groups excluding carboxylic acids is 2. The molecule has 78 valence electrons. The Hall–Kier alpha value is -1.64. The van der Waals surface area contributed by atoms with Gasteiger partial charge in [0.05, 0.1) is 5.41 Å². The van der Waals surface area contributed by atoms with Gasteiger partial charge in [0.15, 0.2) is 11.6 Å². The molecule has 0 radical (unpaired) electrons. The number of hydrogen-bond acceptors (Lipinski definition) is 2. The van der Waals surface area contributed by atoms with Crippen LogP contribution in [0.3, 0.4) is 0 Å². The van der Waals surface area contributed by atoms with Crippen LogP contribution in [-0.2, 0) is 15.0 Å². The van der Waals surface area contributed by atoms with E-state index in [2.05, 4.69) is 4.98 Å². The topological polar surface area (TPSA) is 49.9 Å². The predicted octanol–water partition coefficient (Wildman–Crippen LogP) is 1.76. The molecule has 1 aromatic heterocycles. The van der Waals surface area contributed by atoms with Crippen molar-refractivity contribution in [2.75, 3.05) is 0 Å². The number of aromatic amines is 1. The van der Waals surface area contributed by atoms with Crippen molar-refractivity contribution in [1.82, 2.24) is 4.98 Å². The van der Waals surface area contributed by atoms with Crippen molar-refractivity contribution in [2.24, 2.45) is 0 Å².